The number of hydrogen-bond acceptors (Lipinski definition) is 1. The Kier molecular flexibility index (Phi) is 4.59. The van der Waals surface area contributed by atoms with Crippen molar-refractivity contribution in [3.8, 4) is 33.9 Å². The van der Waals surface area contributed by atoms with Gasteiger partial charge in [-0.05, 0) is 31.2 Å². The fourth-order valence-corrected chi connectivity index (χ4v) is 3.39. The number of halogens is 1. The van der Waals surface area contributed by atoms with E-state index in [-0.39, 0.29) is 0 Å². The van der Waals surface area contributed by atoms with Gasteiger partial charge in [-0.1, -0.05) is 72.3 Å². The summed E-state index contributed by atoms with van der Waals surface area (Å²) in [5, 5.41) is 0.731. The zero-order valence-electron chi connectivity index (χ0n) is 14.6. The standard InChI is InChI=1S/C23H19ClN2/c1-2-26-22(18-11-7-4-8-12-18)21(17-9-5-3-6-10-17)25-23(26)19-13-15-20(24)16-14-19/h3-16H,2H2,1H3. The molecule has 0 N–H and O–H groups in total. The second kappa shape index (κ2) is 7.19. The van der Waals surface area contributed by atoms with Crippen LogP contribution in [0.25, 0.3) is 33.9 Å². The van der Waals surface area contributed by atoms with Crippen LogP contribution in [0.15, 0.2) is 84.9 Å². The van der Waals surface area contributed by atoms with Gasteiger partial charge in [-0.25, -0.2) is 4.98 Å². The van der Waals surface area contributed by atoms with Gasteiger partial charge < -0.3 is 4.57 Å². The van der Waals surface area contributed by atoms with E-state index in [4.69, 9.17) is 16.6 Å². The topological polar surface area (TPSA) is 17.8 Å². The van der Waals surface area contributed by atoms with Crippen molar-refractivity contribution >= 4 is 11.6 Å². The number of nitrogens with zero attached hydrogens (tertiary/aromatic N) is 2. The van der Waals surface area contributed by atoms with E-state index in [9.17, 15) is 0 Å². The molecular weight excluding hydrogens is 340 g/mol. The highest BCUT2D eigenvalue weighted by molar-refractivity contribution is 6.30. The molecule has 0 saturated carbocycles. The Labute approximate surface area is 158 Å². The molecule has 26 heavy (non-hydrogen) atoms. The minimum Gasteiger partial charge on any atom is -0.324 e. The van der Waals surface area contributed by atoms with Crippen molar-refractivity contribution in [2.45, 2.75) is 13.5 Å². The summed E-state index contributed by atoms with van der Waals surface area (Å²) in [6.45, 7) is 2.99. The van der Waals surface area contributed by atoms with E-state index >= 15 is 0 Å². The SMILES string of the molecule is CCn1c(-c2ccc(Cl)cc2)nc(-c2ccccc2)c1-c1ccccc1. The molecule has 0 unspecified atom stereocenters. The predicted octanol–water partition coefficient (Wildman–Crippen LogP) is 6.56. The van der Waals surface area contributed by atoms with Gasteiger partial charge in [0.15, 0.2) is 0 Å². The van der Waals surface area contributed by atoms with Crippen LogP contribution in [0.4, 0.5) is 0 Å². The molecule has 3 heteroatoms. The van der Waals surface area contributed by atoms with E-state index in [0.717, 1.165) is 39.9 Å². The van der Waals surface area contributed by atoms with Crippen molar-refractivity contribution in [2.24, 2.45) is 0 Å². The third-order valence-corrected chi connectivity index (χ3v) is 4.73. The first-order valence-corrected chi connectivity index (χ1v) is 9.13. The molecule has 0 spiro atoms. The third kappa shape index (κ3) is 3.04. The van der Waals surface area contributed by atoms with Crippen LogP contribution in [-0.4, -0.2) is 9.55 Å². The number of imidazole rings is 1. The average Bonchev–Trinajstić information content (AvgIpc) is 3.09. The maximum atomic E-state index is 6.07. The number of hydrogen-bond donors (Lipinski definition) is 0. The maximum Gasteiger partial charge on any atom is 0.141 e. The molecule has 128 valence electrons. The normalized spacial score (nSPS) is 10.8. The number of aromatic nitrogens is 2. The molecule has 0 aliphatic rings. The second-order valence-corrected chi connectivity index (χ2v) is 6.55. The largest absolute Gasteiger partial charge is 0.324 e. The quantitative estimate of drug-likeness (QED) is 0.404. The Morgan fingerprint density at radius 1 is 0.731 bits per heavy atom. The molecule has 3 aromatic carbocycles. The molecule has 2 nitrogen and oxygen atoms in total. The minimum atomic E-state index is 0.731. The Morgan fingerprint density at radius 2 is 1.31 bits per heavy atom. The van der Waals surface area contributed by atoms with Crippen LogP contribution in [0.3, 0.4) is 0 Å². The van der Waals surface area contributed by atoms with Crippen LogP contribution in [0, 0.1) is 0 Å². The van der Waals surface area contributed by atoms with Crippen LogP contribution in [0.5, 0.6) is 0 Å². The summed E-state index contributed by atoms with van der Waals surface area (Å²) >= 11 is 6.07. The van der Waals surface area contributed by atoms with Crippen molar-refractivity contribution in [1.29, 1.82) is 0 Å². The third-order valence-electron chi connectivity index (χ3n) is 4.48. The molecule has 0 radical (unpaired) electrons. The van der Waals surface area contributed by atoms with E-state index < -0.39 is 0 Å². The molecule has 1 heterocycles. The lowest BCUT2D eigenvalue weighted by Gasteiger charge is -2.11. The highest BCUT2D eigenvalue weighted by Gasteiger charge is 2.19. The fourth-order valence-electron chi connectivity index (χ4n) is 3.27. The van der Waals surface area contributed by atoms with Crippen LogP contribution >= 0.6 is 11.6 Å². The second-order valence-electron chi connectivity index (χ2n) is 6.12. The number of rotatable bonds is 4. The molecule has 0 amide bonds. The van der Waals surface area contributed by atoms with Crippen LogP contribution in [0.1, 0.15) is 6.92 Å². The lowest BCUT2D eigenvalue weighted by Crippen LogP contribution is -2.00. The molecule has 0 aliphatic carbocycles. The van der Waals surface area contributed by atoms with Gasteiger partial charge in [0.2, 0.25) is 0 Å². The highest BCUT2D eigenvalue weighted by Crippen LogP contribution is 2.36. The summed E-state index contributed by atoms with van der Waals surface area (Å²) in [5.41, 5.74) is 5.50. The smallest absolute Gasteiger partial charge is 0.141 e. The highest BCUT2D eigenvalue weighted by atomic mass is 35.5. The molecule has 4 aromatic rings. The molecular formula is C23H19ClN2. The van der Waals surface area contributed by atoms with Gasteiger partial charge in [0, 0.05) is 28.3 Å². The lowest BCUT2D eigenvalue weighted by molar-refractivity contribution is 0.778. The molecule has 1 aromatic heterocycles. The van der Waals surface area contributed by atoms with Gasteiger partial charge in [-0.2, -0.15) is 0 Å². The van der Waals surface area contributed by atoms with Crippen molar-refractivity contribution in [3.05, 3.63) is 90.0 Å². The van der Waals surface area contributed by atoms with Crippen LogP contribution < -0.4 is 0 Å². The Balaban J connectivity index is 2.00. The zero-order chi connectivity index (χ0) is 17.9. The Hall–Kier alpha value is -2.84. The first kappa shape index (κ1) is 16.6. The summed E-state index contributed by atoms with van der Waals surface area (Å²) in [7, 11) is 0. The summed E-state index contributed by atoms with van der Waals surface area (Å²) in [6.07, 6.45) is 0. The van der Waals surface area contributed by atoms with Crippen molar-refractivity contribution < 1.29 is 0 Å². The first-order chi connectivity index (χ1) is 12.8. The van der Waals surface area contributed by atoms with E-state index in [2.05, 4.69) is 60.0 Å². The molecule has 4 rings (SSSR count). The summed E-state index contributed by atoms with van der Waals surface area (Å²) in [4.78, 5) is 5.05. The van der Waals surface area contributed by atoms with Crippen molar-refractivity contribution in [2.75, 3.05) is 0 Å². The molecule has 0 saturated heterocycles. The fraction of sp³-hybridized carbons (Fsp3) is 0.0870. The van der Waals surface area contributed by atoms with Gasteiger partial charge in [0.05, 0.1) is 11.4 Å². The molecule has 0 fully saturated rings. The summed E-state index contributed by atoms with van der Waals surface area (Å²) in [5.74, 6) is 0.960. The monoisotopic (exact) mass is 358 g/mol. The van der Waals surface area contributed by atoms with Crippen molar-refractivity contribution in [3.63, 3.8) is 0 Å². The summed E-state index contributed by atoms with van der Waals surface area (Å²) < 4.78 is 2.28. The Morgan fingerprint density at radius 3 is 1.88 bits per heavy atom. The van der Waals surface area contributed by atoms with Gasteiger partial charge in [0.25, 0.3) is 0 Å². The predicted molar refractivity (Wildman–Crippen MR) is 109 cm³/mol. The molecule has 0 aliphatic heterocycles. The van der Waals surface area contributed by atoms with Gasteiger partial charge >= 0.3 is 0 Å². The van der Waals surface area contributed by atoms with Gasteiger partial charge in [-0.15, -0.1) is 0 Å². The van der Waals surface area contributed by atoms with Crippen LogP contribution in [0.2, 0.25) is 5.02 Å². The van der Waals surface area contributed by atoms with E-state index in [1.165, 1.54) is 5.56 Å². The van der Waals surface area contributed by atoms with Gasteiger partial charge in [-0.3, -0.25) is 0 Å². The van der Waals surface area contributed by atoms with E-state index in [0.29, 0.717) is 0 Å². The Bertz CT molecular complexity index is 1000. The minimum absolute atomic E-state index is 0.731. The van der Waals surface area contributed by atoms with Crippen molar-refractivity contribution in [1.82, 2.24) is 9.55 Å². The molecule has 0 atom stereocenters. The first-order valence-electron chi connectivity index (χ1n) is 8.75. The van der Waals surface area contributed by atoms with E-state index in [1.807, 2.05) is 36.4 Å². The average molecular weight is 359 g/mol. The zero-order valence-corrected chi connectivity index (χ0v) is 15.3. The molecule has 0 bridgehead atoms. The van der Waals surface area contributed by atoms with E-state index in [1.54, 1.807) is 0 Å². The number of benzene rings is 3. The maximum absolute atomic E-state index is 6.07. The van der Waals surface area contributed by atoms with Gasteiger partial charge in [0.1, 0.15) is 5.82 Å². The van der Waals surface area contributed by atoms with Crippen LogP contribution in [-0.2, 0) is 6.54 Å². The summed E-state index contributed by atoms with van der Waals surface area (Å²) in [6, 6.07) is 28.7. The lowest BCUT2D eigenvalue weighted by atomic mass is 10.0.